The first-order chi connectivity index (χ1) is 5.70. The van der Waals surface area contributed by atoms with Gasteiger partial charge in [-0.15, -0.1) is 0 Å². The minimum absolute atomic E-state index is 0.0963. The summed E-state index contributed by atoms with van der Waals surface area (Å²) in [5.41, 5.74) is 0. The van der Waals surface area contributed by atoms with Crippen molar-refractivity contribution >= 4 is 6.16 Å². The topological polar surface area (TPSA) is 55.8 Å². The van der Waals surface area contributed by atoms with Crippen LogP contribution in [0.5, 0.6) is 0 Å². The van der Waals surface area contributed by atoms with E-state index in [1.54, 1.807) is 7.11 Å². The van der Waals surface area contributed by atoms with E-state index in [4.69, 9.17) is 9.84 Å². The van der Waals surface area contributed by atoms with Crippen LogP contribution in [-0.4, -0.2) is 31.1 Å². The van der Waals surface area contributed by atoms with Crippen molar-refractivity contribution in [2.75, 3.05) is 13.7 Å². The Morgan fingerprint density at radius 2 is 2.25 bits per heavy atom. The Bertz CT molecular complexity index is 124. The van der Waals surface area contributed by atoms with Crippen molar-refractivity contribution in [2.24, 2.45) is 0 Å². The van der Waals surface area contributed by atoms with E-state index in [1.165, 1.54) is 0 Å². The smallest absolute Gasteiger partial charge is 0.450 e. The van der Waals surface area contributed by atoms with Crippen molar-refractivity contribution in [1.82, 2.24) is 0 Å². The number of carboxylic acid groups (broad SMARTS) is 1. The standard InChI is InChI=1S/C8H16O4/c1-3-4-5-7(11-2)6-12-8(9)10/h7H,3-6H2,1-2H3,(H,9,10). The zero-order valence-corrected chi connectivity index (χ0v) is 7.58. The number of ether oxygens (including phenoxy) is 2. The lowest BCUT2D eigenvalue weighted by atomic mass is 10.2. The molecule has 1 atom stereocenters. The summed E-state index contributed by atoms with van der Waals surface area (Å²) in [6, 6.07) is 0. The van der Waals surface area contributed by atoms with Gasteiger partial charge in [-0.1, -0.05) is 19.8 Å². The summed E-state index contributed by atoms with van der Waals surface area (Å²) in [6.07, 6.45) is 1.61. The number of methoxy groups -OCH3 is 1. The van der Waals surface area contributed by atoms with Gasteiger partial charge in [0.1, 0.15) is 6.61 Å². The van der Waals surface area contributed by atoms with Crippen molar-refractivity contribution < 1.29 is 19.4 Å². The van der Waals surface area contributed by atoms with Gasteiger partial charge in [0, 0.05) is 7.11 Å². The quantitative estimate of drug-likeness (QED) is 0.628. The molecule has 0 aliphatic rings. The van der Waals surface area contributed by atoms with Crippen LogP contribution in [0, 0.1) is 0 Å². The average molecular weight is 176 g/mol. The molecule has 0 heterocycles. The van der Waals surface area contributed by atoms with E-state index in [2.05, 4.69) is 11.7 Å². The predicted octanol–water partition coefficient (Wildman–Crippen LogP) is 1.89. The number of unbranched alkanes of at least 4 members (excludes halogenated alkanes) is 1. The molecular weight excluding hydrogens is 160 g/mol. The molecule has 0 aromatic carbocycles. The molecule has 0 rings (SSSR count). The van der Waals surface area contributed by atoms with Gasteiger partial charge in [0.2, 0.25) is 0 Å². The maximum Gasteiger partial charge on any atom is 0.505 e. The summed E-state index contributed by atoms with van der Waals surface area (Å²) in [7, 11) is 1.56. The molecule has 4 heteroatoms. The van der Waals surface area contributed by atoms with Crippen molar-refractivity contribution in [3.63, 3.8) is 0 Å². The fourth-order valence-electron chi connectivity index (χ4n) is 0.865. The van der Waals surface area contributed by atoms with E-state index in [-0.39, 0.29) is 12.7 Å². The van der Waals surface area contributed by atoms with E-state index < -0.39 is 6.16 Å². The Kier molecular flexibility index (Phi) is 6.47. The molecular formula is C8H16O4. The van der Waals surface area contributed by atoms with Crippen LogP contribution in [-0.2, 0) is 9.47 Å². The first-order valence-corrected chi connectivity index (χ1v) is 4.09. The van der Waals surface area contributed by atoms with E-state index in [0.717, 1.165) is 19.3 Å². The monoisotopic (exact) mass is 176 g/mol. The molecule has 0 aromatic heterocycles. The molecule has 0 radical (unpaired) electrons. The molecule has 0 aliphatic heterocycles. The van der Waals surface area contributed by atoms with Gasteiger partial charge < -0.3 is 14.6 Å². The molecule has 0 bridgehead atoms. The molecule has 72 valence electrons. The van der Waals surface area contributed by atoms with Crippen molar-refractivity contribution in [2.45, 2.75) is 32.3 Å². The Balaban J connectivity index is 3.45. The highest BCUT2D eigenvalue weighted by Gasteiger charge is 2.08. The highest BCUT2D eigenvalue weighted by atomic mass is 16.7. The van der Waals surface area contributed by atoms with Gasteiger partial charge in [-0.3, -0.25) is 0 Å². The Labute approximate surface area is 72.5 Å². The molecule has 0 aromatic rings. The minimum atomic E-state index is -1.24. The summed E-state index contributed by atoms with van der Waals surface area (Å²) < 4.78 is 9.40. The zero-order chi connectivity index (χ0) is 9.40. The number of hydrogen-bond acceptors (Lipinski definition) is 3. The van der Waals surface area contributed by atoms with E-state index in [9.17, 15) is 4.79 Å². The largest absolute Gasteiger partial charge is 0.505 e. The lowest BCUT2D eigenvalue weighted by molar-refractivity contribution is 0.0120. The number of carbonyl (C=O) groups is 1. The lowest BCUT2D eigenvalue weighted by Crippen LogP contribution is -2.20. The first kappa shape index (κ1) is 11.2. The molecule has 0 aliphatic carbocycles. The van der Waals surface area contributed by atoms with Crippen LogP contribution in [0.2, 0.25) is 0 Å². The van der Waals surface area contributed by atoms with Gasteiger partial charge in [0.25, 0.3) is 0 Å². The Morgan fingerprint density at radius 1 is 1.58 bits per heavy atom. The van der Waals surface area contributed by atoms with E-state index >= 15 is 0 Å². The maximum absolute atomic E-state index is 10.0. The molecule has 0 fully saturated rings. The second-order valence-electron chi connectivity index (χ2n) is 2.58. The van der Waals surface area contributed by atoms with Gasteiger partial charge >= 0.3 is 6.16 Å². The third-order valence-corrected chi connectivity index (χ3v) is 1.61. The molecule has 4 nitrogen and oxygen atoms in total. The summed E-state index contributed by atoms with van der Waals surface area (Å²) in [5.74, 6) is 0. The van der Waals surface area contributed by atoms with Crippen LogP contribution in [0.3, 0.4) is 0 Å². The van der Waals surface area contributed by atoms with Crippen molar-refractivity contribution in [1.29, 1.82) is 0 Å². The predicted molar refractivity (Wildman–Crippen MR) is 44.3 cm³/mol. The second kappa shape index (κ2) is 6.91. The van der Waals surface area contributed by atoms with Crippen molar-refractivity contribution in [3.05, 3.63) is 0 Å². The molecule has 1 unspecified atom stereocenters. The third-order valence-electron chi connectivity index (χ3n) is 1.61. The molecule has 0 amide bonds. The molecule has 12 heavy (non-hydrogen) atoms. The van der Waals surface area contributed by atoms with Crippen LogP contribution >= 0.6 is 0 Å². The number of rotatable bonds is 6. The molecule has 0 saturated carbocycles. The highest BCUT2D eigenvalue weighted by Crippen LogP contribution is 2.04. The van der Waals surface area contributed by atoms with Gasteiger partial charge in [-0.2, -0.15) is 0 Å². The summed E-state index contributed by atoms with van der Waals surface area (Å²) in [6.45, 7) is 2.20. The third kappa shape index (κ3) is 5.97. The van der Waals surface area contributed by atoms with Crippen LogP contribution in [0.15, 0.2) is 0 Å². The Morgan fingerprint density at radius 3 is 2.67 bits per heavy atom. The first-order valence-electron chi connectivity index (χ1n) is 4.09. The van der Waals surface area contributed by atoms with Crippen LogP contribution in [0.25, 0.3) is 0 Å². The highest BCUT2D eigenvalue weighted by molar-refractivity contribution is 5.56. The molecule has 0 saturated heterocycles. The van der Waals surface area contributed by atoms with Crippen LogP contribution < -0.4 is 0 Å². The van der Waals surface area contributed by atoms with Crippen molar-refractivity contribution in [3.8, 4) is 0 Å². The molecule has 0 spiro atoms. The van der Waals surface area contributed by atoms with Crippen LogP contribution in [0.4, 0.5) is 4.79 Å². The van der Waals surface area contributed by atoms with Gasteiger partial charge in [-0.25, -0.2) is 4.79 Å². The van der Waals surface area contributed by atoms with E-state index in [0.29, 0.717) is 0 Å². The lowest BCUT2D eigenvalue weighted by Gasteiger charge is -2.13. The zero-order valence-electron chi connectivity index (χ0n) is 7.58. The van der Waals surface area contributed by atoms with Gasteiger partial charge in [0.05, 0.1) is 6.10 Å². The average Bonchev–Trinajstić information content (AvgIpc) is 2.05. The fourth-order valence-corrected chi connectivity index (χ4v) is 0.865. The van der Waals surface area contributed by atoms with Gasteiger partial charge in [-0.05, 0) is 6.42 Å². The Hall–Kier alpha value is -0.770. The summed E-state index contributed by atoms with van der Waals surface area (Å²) in [5, 5.41) is 8.21. The summed E-state index contributed by atoms with van der Waals surface area (Å²) in [4.78, 5) is 10.0. The normalized spacial score (nSPS) is 12.5. The van der Waals surface area contributed by atoms with E-state index in [1.807, 2.05) is 0 Å². The van der Waals surface area contributed by atoms with Crippen LogP contribution in [0.1, 0.15) is 26.2 Å². The second-order valence-corrected chi connectivity index (χ2v) is 2.58. The summed E-state index contributed by atoms with van der Waals surface area (Å²) >= 11 is 0. The minimum Gasteiger partial charge on any atom is -0.450 e. The molecule has 1 N–H and O–H groups in total. The maximum atomic E-state index is 10.0. The SMILES string of the molecule is CCCCC(COC(=O)O)OC. The number of hydrogen-bond donors (Lipinski definition) is 1. The van der Waals surface area contributed by atoms with Gasteiger partial charge in [0.15, 0.2) is 0 Å². The fraction of sp³-hybridized carbons (Fsp3) is 0.875.